The van der Waals surface area contributed by atoms with E-state index in [0.717, 1.165) is 5.69 Å². The maximum absolute atomic E-state index is 5.75. The molecule has 18 heavy (non-hydrogen) atoms. The van der Waals surface area contributed by atoms with Gasteiger partial charge in [-0.2, -0.15) is 0 Å². The fourth-order valence-corrected chi connectivity index (χ4v) is 1.42. The van der Waals surface area contributed by atoms with Gasteiger partial charge in [0.05, 0.1) is 26.0 Å². The molecule has 0 fully saturated rings. The van der Waals surface area contributed by atoms with Gasteiger partial charge in [-0.25, -0.2) is 9.98 Å². The van der Waals surface area contributed by atoms with Crippen molar-refractivity contribution < 1.29 is 9.47 Å². The van der Waals surface area contributed by atoms with E-state index >= 15 is 0 Å². The first-order chi connectivity index (χ1) is 8.65. The van der Waals surface area contributed by atoms with Crippen molar-refractivity contribution in [2.45, 2.75) is 19.5 Å². The number of hydrogen-bond donors (Lipinski definition) is 2. The van der Waals surface area contributed by atoms with E-state index in [1.807, 2.05) is 19.1 Å². The first-order valence-electron chi connectivity index (χ1n) is 5.71. The van der Waals surface area contributed by atoms with Crippen molar-refractivity contribution in [3.63, 3.8) is 0 Å². The summed E-state index contributed by atoms with van der Waals surface area (Å²) in [5, 5.41) is 3.02. The highest BCUT2D eigenvalue weighted by atomic mass is 16.5. The van der Waals surface area contributed by atoms with E-state index in [4.69, 9.17) is 15.2 Å². The van der Waals surface area contributed by atoms with Gasteiger partial charge in [-0.1, -0.05) is 6.07 Å². The Bertz CT molecular complexity index is 395. The van der Waals surface area contributed by atoms with Gasteiger partial charge in [0.15, 0.2) is 5.96 Å². The van der Waals surface area contributed by atoms with Gasteiger partial charge in [0.2, 0.25) is 5.88 Å². The second-order valence-electron chi connectivity index (χ2n) is 3.87. The maximum atomic E-state index is 5.75. The van der Waals surface area contributed by atoms with E-state index in [9.17, 15) is 0 Å². The van der Waals surface area contributed by atoms with E-state index < -0.39 is 0 Å². The molecule has 1 unspecified atom stereocenters. The molecule has 0 aromatic carbocycles. The van der Waals surface area contributed by atoms with Crippen molar-refractivity contribution >= 4 is 5.96 Å². The molecule has 1 atom stereocenters. The number of pyridine rings is 1. The molecule has 1 aromatic heterocycles. The zero-order valence-corrected chi connectivity index (χ0v) is 11.0. The molecule has 100 valence electrons. The summed E-state index contributed by atoms with van der Waals surface area (Å²) in [7, 11) is 3.23. The molecule has 6 nitrogen and oxygen atoms in total. The van der Waals surface area contributed by atoms with Crippen LogP contribution in [0, 0.1) is 0 Å². The summed E-state index contributed by atoms with van der Waals surface area (Å²) >= 11 is 0. The fraction of sp³-hybridized carbons (Fsp3) is 0.500. The third-order valence-electron chi connectivity index (χ3n) is 2.21. The molecule has 6 heteroatoms. The Labute approximate surface area is 107 Å². The van der Waals surface area contributed by atoms with E-state index in [2.05, 4.69) is 15.3 Å². The predicted molar refractivity (Wildman–Crippen MR) is 70.6 cm³/mol. The summed E-state index contributed by atoms with van der Waals surface area (Å²) in [6.45, 7) is 2.96. The Morgan fingerprint density at radius 2 is 2.28 bits per heavy atom. The lowest BCUT2D eigenvalue weighted by Crippen LogP contribution is -2.40. The van der Waals surface area contributed by atoms with Crippen LogP contribution in [0.4, 0.5) is 0 Å². The van der Waals surface area contributed by atoms with Crippen molar-refractivity contribution in [1.82, 2.24) is 10.3 Å². The molecule has 0 aliphatic rings. The molecule has 0 radical (unpaired) electrons. The van der Waals surface area contributed by atoms with Crippen LogP contribution in [0.3, 0.4) is 0 Å². The SMILES string of the molecule is COCC(C)NC(N)=NCc1cccc(OC)n1. The van der Waals surface area contributed by atoms with Gasteiger partial charge < -0.3 is 20.5 Å². The van der Waals surface area contributed by atoms with Crippen LogP contribution < -0.4 is 15.8 Å². The number of aromatic nitrogens is 1. The largest absolute Gasteiger partial charge is 0.481 e. The summed E-state index contributed by atoms with van der Waals surface area (Å²) in [6, 6.07) is 5.65. The van der Waals surface area contributed by atoms with Crippen molar-refractivity contribution in [2.75, 3.05) is 20.8 Å². The number of nitrogens with two attached hydrogens (primary N) is 1. The molecule has 0 saturated carbocycles. The number of aliphatic imine (C=N–C) groups is 1. The average molecular weight is 252 g/mol. The summed E-state index contributed by atoms with van der Waals surface area (Å²) in [6.07, 6.45) is 0. The molecule has 1 rings (SSSR count). The molecule has 0 bridgehead atoms. The van der Waals surface area contributed by atoms with E-state index in [0.29, 0.717) is 25.0 Å². The second kappa shape index (κ2) is 7.50. The highest BCUT2D eigenvalue weighted by Gasteiger charge is 2.02. The zero-order valence-electron chi connectivity index (χ0n) is 11.0. The third kappa shape index (κ3) is 5.01. The average Bonchev–Trinajstić information content (AvgIpc) is 2.37. The summed E-state index contributed by atoms with van der Waals surface area (Å²) in [4.78, 5) is 8.44. The molecular weight excluding hydrogens is 232 g/mol. The van der Waals surface area contributed by atoms with Crippen LogP contribution in [-0.2, 0) is 11.3 Å². The van der Waals surface area contributed by atoms with Crippen LogP contribution >= 0.6 is 0 Å². The lowest BCUT2D eigenvalue weighted by molar-refractivity contribution is 0.179. The molecule has 0 amide bonds. The van der Waals surface area contributed by atoms with Crippen molar-refractivity contribution in [2.24, 2.45) is 10.7 Å². The van der Waals surface area contributed by atoms with Gasteiger partial charge in [0.1, 0.15) is 0 Å². The predicted octanol–water partition coefficient (Wildman–Crippen LogP) is 0.529. The Morgan fingerprint density at radius 3 is 2.94 bits per heavy atom. The quantitative estimate of drug-likeness (QED) is 0.570. The van der Waals surface area contributed by atoms with Crippen LogP contribution in [-0.4, -0.2) is 37.8 Å². The van der Waals surface area contributed by atoms with Crippen LogP contribution in [0.25, 0.3) is 0 Å². The highest BCUT2D eigenvalue weighted by molar-refractivity contribution is 5.78. The summed E-state index contributed by atoms with van der Waals surface area (Å²) < 4.78 is 10.0. The second-order valence-corrected chi connectivity index (χ2v) is 3.87. The van der Waals surface area contributed by atoms with Crippen molar-refractivity contribution in [1.29, 1.82) is 0 Å². The topological polar surface area (TPSA) is 81.8 Å². The summed E-state index contributed by atoms with van der Waals surface area (Å²) in [5.41, 5.74) is 6.55. The number of nitrogens with one attached hydrogen (secondary N) is 1. The normalized spacial score (nSPS) is 13.2. The standard InChI is InChI=1S/C12H20N4O2/c1-9(8-17-2)15-12(13)14-7-10-5-4-6-11(16-10)18-3/h4-6,9H,7-8H2,1-3H3,(H3,13,14,15). The minimum atomic E-state index is 0.122. The minimum Gasteiger partial charge on any atom is -0.481 e. The number of hydrogen-bond acceptors (Lipinski definition) is 4. The van der Waals surface area contributed by atoms with Gasteiger partial charge in [-0.3, -0.25) is 0 Å². The van der Waals surface area contributed by atoms with E-state index in [1.165, 1.54) is 0 Å². The lowest BCUT2D eigenvalue weighted by atomic mass is 10.3. The first kappa shape index (κ1) is 14.2. The van der Waals surface area contributed by atoms with Crippen molar-refractivity contribution in [3.05, 3.63) is 23.9 Å². The number of methoxy groups -OCH3 is 2. The zero-order chi connectivity index (χ0) is 13.4. The Balaban J connectivity index is 2.51. The van der Waals surface area contributed by atoms with Crippen LogP contribution in [0.5, 0.6) is 5.88 Å². The van der Waals surface area contributed by atoms with E-state index in [-0.39, 0.29) is 6.04 Å². The smallest absolute Gasteiger partial charge is 0.213 e. The monoisotopic (exact) mass is 252 g/mol. The minimum absolute atomic E-state index is 0.122. The highest BCUT2D eigenvalue weighted by Crippen LogP contribution is 2.07. The molecule has 3 N–H and O–H groups in total. The molecule has 0 saturated heterocycles. The van der Waals surface area contributed by atoms with Gasteiger partial charge in [-0.15, -0.1) is 0 Å². The maximum Gasteiger partial charge on any atom is 0.213 e. The van der Waals surface area contributed by atoms with Crippen LogP contribution in [0.1, 0.15) is 12.6 Å². The first-order valence-corrected chi connectivity index (χ1v) is 5.71. The fourth-order valence-electron chi connectivity index (χ4n) is 1.42. The molecular formula is C12H20N4O2. The Hall–Kier alpha value is -1.82. The molecule has 1 aromatic rings. The van der Waals surface area contributed by atoms with Crippen LogP contribution in [0.2, 0.25) is 0 Å². The van der Waals surface area contributed by atoms with Crippen LogP contribution in [0.15, 0.2) is 23.2 Å². The molecule has 0 aliphatic carbocycles. The Kier molecular flexibility index (Phi) is 5.93. The molecule has 1 heterocycles. The van der Waals surface area contributed by atoms with Gasteiger partial charge in [0, 0.05) is 19.2 Å². The van der Waals surface area contributed by atoms with Gasteiger partial charge >= 0.3 is 0 Å². The van der Waals surface area contributed by atoms with Crippen molar-refractivity contribution in [3.8, 4) is 5.88 Å². The van der Waals surface area contributed by atoms with Gasteiger partial charge in [-0.05, 0) is 13.0 Å². The molecule has 0 aliphatic heterocycles. The number of guanidine groups is 1. The molecule has 0 spiro atoms. The van der Waals surface area contributed by atoms with Gasteiger partial charge in [0.25, 0.3) is 0 Å². The lowest BCUT2D eigenvalue weighted by Gasteiger charge is -2.12. The summed E-state index contributed by atoms with van der Waals surface area (Å²) in [5.74, 6) is 0.950. The third-order valence-corrected chi connectivity index (χ3v) is 2.21. The number of ether oxygens (including phenoxy) is 2. The number of rotatable bonds is 6. The number of nitrogens with zero attached hydrogens (tertiary/aromatic N) is 2. The van der Waals surface area contributed by atoms with E-state index in [1.54, 1.807) is 20.3 Å². The Morgan fingerprint density at radius 1 is 1.50 bits per heavy atom.